The Kier molecular flexibility index (Phi) is 5.79. The Balaban J connectivity index is 1.82. The maximum absolute atomic E-state index is 14.1. The second-order valence-electron chi connectivity index (χ2n) is 5.91. The van der Waals surface area contributed by atoms with Crippen LogP contribution in [0, 0.1) is 11.6 Å². The van der Waals surface area contributed by atoms with Gasteiger partial charge >= 0.3 is 0 Å². The van der Waals surface area contributed by atoms with Crippen molar-refractivity contribution in [3.05, 3.63) is 70.7 Å². The average Bonchev–Trinajstić information content (AvgIpc) is 3.10. The number of thiazole rings is 1. The Morgan fingerprint density at radius 2 is 1.89 bits per heavy atom. The minimum absolute atomic E-state index is 0.00539. The van der Waals surface area contributed by atoms with Gasteiger partial charge in [0.05, 0.1) is 16.9 Å². The Morgan fingerprint density at radius 3 is 2.57 bits per heavy atom. The predicted molar refractivity (Wildman–Crippen MR) is 102 cm³/mol. The number of nitrogens with zero attached hydrogens (tertiary/aromatic N) is 2. The lowest BCUT2D eigenvalue weighted by Crippen LogP contribution is -2.23. The van der Waals surface area contributed by atoms with Gasteiger partial charge in [-0.1, -0.05) is 12.1 Å². The molecule has 1 heterocycles. The Morgan fingerprint density at radius 1 is 1.14 bits per heavy atom. The lowest BCUT2D eigenvalue weighted by atomic mass is 10.1. The minimum atomic E-state index is -0.539. The molecule has 0 atom stereocenters. The molecule has 5 nitrogen and oxygen atoms in total. The van der Waals surface area contributed by atoms with Crippen molar-refractivity contribution in [3.8, 4) is 5.75 Å². The second kappa shape index (κ2) is 8.26. The number of Topliss-reactive ketones (excluding diaryl/α,β-unsaturated/α-hetero) is 1. The summed E-state index contributed by atoms with van der Waals surface area (Å²) in [4.78, 5) is 29.2. The largest absolute Gasteiger partial charge is 0.487 e. The molecule has 8 heteroatoms. The van der Waals surface area contributed by atoms with Crippen LogP contribution in [0.4, 0.5) is 19.6 Å². The van der Waals surface area contributed by atoms with E-state index >= 15 is 0 Å². The molecule has 0 spiro atoms. The number of carbonyl (C=O) groups excluding carboxylic acids is 2. The van der Waals surface area contributed by atoms with Crippen LogP contribution in [0.5, 0.6) is 5.75 Å². The number of ketones is 1. The fourth-order valence-electron chi connectivity index (χ4n) is 2.56. The van der Waals surface area contributed by atoms with Crippen LogP contribution in [-0.4, -0.2) is 16.7 Å². The molecule has 0 bridgehead atoms. The van der Waals surface area contributed by atoms with Crippen LogP contribution in [0.2, 0.25) is 0 Å². The number of aromatic nitrogens is 1. The quantitative estimate of drug-likeness (QED) is 0.551. The number of ether oxygens (including phenoxy) is 1. The summed E-state index contributed by atoms with van der Waals surface area (Å²) < 4.78 is 33.1. The van der Waals surface area contributed by atoms with Gasteiger partial charge in [-0.05, 0) is 37.3 Å². The van der Waals surface area contributed by atoms with Gasteiger partial charge in [-0.25, -0.2) is 13.8 Å². The van der Waals surface area contributed by atoms with Crippen LogP contribution in [0.15, 0.2) is 47.8 Å². The lowest BCUT2D eigenvalue weighted by molar-refractivity contribution is -0.115. The molecule has 0 saturated heterocycles. The predicted octanol–water partition coefficient (Wildman–Crippen LogP) is 4.89. The number of rotatable bonds is 6. The summed E-state index contributed by atoms with van der Waals surface area (Å²) in [5, 5.41) is 1.96. The second-order valence-corrected chi connectivity index (χ2v) is 6.75. The minimum Gasteiger partial charge on any atom is -0.487 e. The van der Waals surface area contributed by atoms with E-state index in [4.69, 9.17) is 4.74 Å². The molecule has 1 aromatic heterocycles. The van der Waals surface area contributed by atoms with Crippen molar-refractivity contribution in [1.29, 1.82) is 0 Å². The third-order valence-corrected chi connectivity index (χ3v) is 4.71. The van der Waals surface area contributed by atoms with Gasteiger partial charge < -0.3 is 4.74 Å². The SMILES string of the molecule is CC(=O)c1cc(F)ccc1OCc1csc(N(C(C)=O)c2ccccc2F)n1. The molecule has 0 fully saturated rings. The van der Waals surface area contributed by atoms with Gasteiger partial charge in [0, 0.05) is 12.3 Å². The van der Waals surface area contributed by atoms with E-state index in [0.717, 1.165) is 17.4 Å². The highest BCUT2D eigenvalue weighted by atomic mass is 32.1. The fraction of sp³-hybridized carbons (Fsp3) is 0.150. The number of halogens is 2. The standard InChI is InChI=1S/C20H16F2N2O3S/c1-12(25)16-9-14(21)7-8-19(16)27-10-15-11-28-20(23-15)24(13(2)26)18-6-4-3-5-17(18)22/h3-9,11H,10H2,1-2H3. The molecule has 144 valence electrons. The van der Waals surface area contributed by atoms with Crippen molar-refractivity contribution in [1.82, 2.24) is 4.98 Å². The van der Waals surface area contributed by atoms with Crippen molar-refractivity contribution >= 4 is 33.8 Å². The summed E-state index contributed by atoms with van der Waals surface area (Å²) >= 11 is 1.16. The molecule has 28 heavy (non-hydrogen) atoms. The first-order chi connectivity index (χ1) is 13.4. The van der Waals surface area contributed by atoms with Crippen LogP contribution in [0.1, 0.15) is 29.9 Å². The fourth-order valence-corrected chi connectivity index (χ4v) is 3.43. The van der Waals surface area contributed by atoms with Gasteiger partial charge in [0.1, 0.15) is 24.0 Å². The molecule has 0 radical (unpaired) electrons. The van der Waals surface area contributed by atoms with Gasteiger partial charge in [-0.3, -0.25) is 14.5 Å². The summed E-state index contributed by atoms with van der Waals surface area (Å²) in [5.41, 5.74) is 0.725. The Hall–Kier alpha value is -3.13. The smallest absolute Gasteiger partial charge is 0.230 e. The van der Waals surface area contributed by atoms with E-state index in [1.165, 1.54) is 49.1 Å². The summed E-state index contributed by atoms with van der Waals surface area (Å²) in [7, 11) is 0. The maximum atomic E-state index is 14.1. The third-order valence-electron chi connectivity index (χ3n) is 3.84. The number of para-hydroxylation sites is 1. The molecule has 3 aromatic rings. The van der Waals surface area contributed by atoms with E-state index in [1.807, 2.05) is 0 Å². The number of hydrogen-bond donors (Lipinski definition) is 0. The number of hydrogen-bond acceptors (Lipinski definition) is 5. The van der Waals surface area contributed by atoms with Crippen LogP contribution < -0.4 is 9.64 Å². The van der Waals surface area contributed by atoms with Gasteiger partial charge in [0.2, 0.25) is 5.91 Å². The highest BCUT2D eigenvalue weighted by molar-refractivity contribution is 7.14. The van der Waals surface area contributed by atoms with Gasteiger partial charge in [0.25, 0.3) is 0 Å². The average molecular weight is 402 g/mol. The first-order valence-electron chi connectivity index (χ1n) is 8.29. The van der Waals surface area contributed by atoms with Crippen LogP contribution in [0.25, 0.3) is 0 Å². The van der Waals surface area contributed by atoms with Crippen LogP contribution in [0.3, 0.4) is 0 Å². The van der Waals surface area contributed by atoms with Crippen LogP contribution >= 0.6 is 11.3 Å². The summed E-state index contributed by atoms with van der Waals surface area (Å²) in [5.74, 6) is -1.54. The van der Waals surface area contributed by atoms with E-state index in [1.54, 1.807) is 11.4 Å². The molecule has 0 unspecified atom stereocenters. The van der Waals surface area contributed by atoms with Crippen LogP contribution in [-0.2, 0) is 11.4 Å². The number of amides is 1. The number of anilines is 2. The Bertz CT molecular complexity index is 1040. The van der Waals surface area contributed by atoms with E-state index in [9.17, 15) is 18.4 Å². The summed E-state index contributed by atoms with van der Waals surface area (Å²) in [6, 6.07) is 9.61. The zero-order valence-corrected chi connectivity index (χ0v) is 15.9. The molecule has 0 saturated carbocycles. The molecule has 0 aliphatic rings. The third kappa shape index (κ3) is 4.23. The Labute approximate surface area is 164 Å². The lowest BCUT2D eigenvalue weighted by Gasteiger charge is -2.18. The molecular formula is C20H16F2N2O3S. The van der Waals surface area contributed by atoms with Gasteiger partial charge in [0.15, 0.2) is 10.9 Å². The zero-order valence-electron chi connectivity index (χ0n) is 15.1. The van der Waals surface area contributed by atoms with Crippen molar-refractivity contribution in [2.45, 2.75) is 20.5 Å². The summed E-state index contributed by atoms with van der Waals surface area (Å²) in [6.45, 7) is 2.65. The molecule has 0 aliphatic carbocycles. The van der Waals surface area contributed by atoms with E-state index in [2.05, 4.69) is 4.98 Å². The van der Waals surface area contributed by atoms with E-state index < -0.39 is 11.6 Å². The van der Waals surface area contributed by atoms with Gasteiger partial charge in [-0.2, -0.15) is 0 Å². The van der Waals surface area contributed by atoms with Crippen molar-refractivity contribution in [2.24, 2.45) is 0 Å². The topological polar surface area (TPSA) is 59.5 Å². The monoisotopic (exact) mass is 402 g/mol. The number of carbonyl (C=O) groups is 2. The van der Waals surface area contributed by atoms with Crippen molar-refractivity contribution in [3.63, 3.8) is 0 Å². The summed E-state index contributed by atoms with van der Waals surface area (Å²) in [6.07, 6.45) is 0. The molecule has 3 rings (SSSR count). The molecule has 0 N–H and O–H groups in total. The first kappa shape index (κ1) is 19.6. The maximum Gasteiger partial charge on any atom is 0.230 e. The van der Waals surface area contributed by atoms with Crippen molar-refractivity contribution in [2.75, 3.05) is 4.90 Å². The normalized spacial score (nSPS) is 10.6. The molecule has 0 aliphatic heterocycles. The molecule has 1 amide bonds. The molecule has 2 aromatic carbocycles. The van der Waals surface area contributed by atoms with E-state index in [0.29, 0.717) is 10.8 Å². The highest BCUT2D eigenvalue weighted by Crippen LogP contribution is 2.31. The van der Waals surface area contributed by atoms with Gasteiger partial charge in [-0.15, -0.1) is 11.3 Å². The zero-order chi connectivity index (χ0) is 20.3. The number of benzene rings is 2. The first-order valence-corrected chi connectivity index (χ1v) is 9.17. The molecular weight excluding hydrogens is 386 g/mol. The highest BCUT2D eigenvalue weighted by Gasteiger charge is 2.21. The van der Waals surface area contributed by atoms with Crippen molar-refractivity contribution < 1.29 is 23.1 Å². The van der Waals surface area contributed by atoms with E-state index in [-0.39, 0.29) is 35.3 Å².